The fourth-order valence-electron chi connectivity index (χ4n) is 3.62. The Labute approximate surface area is 196 Å². The summed E-state index contributed by atoms with van der Waals surface area (Å²) in [6, 6.07) is 19.0. The number of carboxylic acid groups (broad SMARTS) is 1. The molecule has 0 bridgehead atoms. The summed E-state index contributed by atoms with van der Waals surface area (Å²) in [5, 5.41) is 9.91. The van der Waals surface area contributed by atoms with Gasteiger partial charge in [0.1, 0.15) is 11.6 Å². The molecule has 0 aliphatic carbocycles. The third-order valence-electron chi connectivity index (χ3n) is 5.26. The standard InChI is InChI=1S/C25H21FN2O5S/c1-28(34(31,32)19-10-8-18(26)9-11-19)15-17-7-12-24(33-16-25(29)30)22(14-17)20-4-2-6-23-21(20)5-3-13-27-23/h2-14H,15-16H2,1H3,(H,29,30). The number of carboxylic acids is 1. The first kappa shape index (κ1) is 23.3. The summed E-state index contributed by atoms with van der Waals surface area (Å²) in [5.74, 6) is -1.28. The molecule has 1 heterocycles. The first-order chi connectivity index (χ1) is 16.3. The number of halogens is 1. The molecule has 0 radical (unpaired) electrons. The molecule has 9 heteroatoms. The quantitative estimate of drug-likeness (QED) is 0.403. The molecular weight excluding hydrogens is 459 g/mol. The Bertz CT molecular complexity index is 1450. The second-order valence-corrected chi connectivity index (χ2v) is 9.65. The minimum Gasteiger partial charge on any atom is -0.481 e. The first-order valence-electron chi connectivity index (χ1n) is 10.3. The van der Waals surface area contributed by atoms with Crippen LogP contribution in [-0.4, -0.2) is 42.4 Å². The molecule has 0 fully saturated rings. The van der Waals surface area contributed by atoms with Crippen LogP contribution in [0.3, 0.4) is 0 Å². The lowest BCUT2D eigenvalue weighted by Crippen LogP contribution is -2.26. The lowest BCUT2D eigenvalue weighted by molar-refractivity contribution is -0.139. The zero-order chi connectivity index (χ0) is 24.3. The number of fused-ring (bicyclic) bond motifs is 1. The van der Waals surface area contributed by atoms with Crippen molar-refractivity contribution < 1.29 is 27.4 Å². The molecule has 0 aliphatic rings. The highest BCUT2D eigenvalue weighted by atomic mass is 32.2. The largest absolute Gasteiger partial charge is 0.481 e. The van der Waals surface area contributed by atoms with Gasteiger partial charge >= 0.3 is 5.97 Å². The SMILES string of the molecule is CN(Cc1ccc(OCC(=O)O)c(-c2cccc3ncccc23)c1)S(=O)(=O)c1ccc(F)cc1. The predicted molar refractivity (Wildman–Crippen MR) is 125 cm³/mol. The summed E-state index contributed by atoms with van der Waals surface area (Å²) < 4.78 is 45.8. The van der Waals surface area contributed by atoms with Crippen LogP contribution in [0, 0.1) is 5.82 Å². The summed E-state index contributed by atoms with van der Waals surface area (Å²) in [4.78, 5) is 15.4. The smallest absolute Gasteiger partial charge is 0.341 e. The minimum atomic E-state index is -3.85. The van der Waals surface area contributed by atoms with Gasteiger partial charge in [0.05, 0.1) is 10.4 Å². The molecule has 0 aliphatic heterocycles. The average Bonchev–Trinajstić information content (AvgIpc) is 2.83. The summed E-state index contributed by atoms with van der Waals surface area (Å²) >= 11 is 0. The summed E-state index contributed by atoms with van der Waals surface area (Å²) in [6.07, 6.45) is 1.68. The Morgan fingerprint density at radius 2 is 1.79 bits per heavy atom. The number of rotatable bonds is 8. The van der Waals surface area contributed by atoms with Crippen molar-refractivity contribution in [2.24, 2.45) is 0 Å². The fourth-order valence-corrected chi connectivity index (χ4v) is 4.78. The van der Waals surface area contributed by atoms with Crippen LogP contribution < -0.4 is 4.74 Å². The molecule has 0 amide bonds. The number of aliphatic carboxylic acids is 1. The van der Waals surface area contributed by atoms with Gasteiger partial charge in [-0.15, -0.1) is 0 Å². The number of carbonyl (C=O) groups is 1. The van der Waals surface area contributed by atoms with Crippen LogP contribution in [0.15, 0.2) is 83.9 Å². The summed E-state index contributed by atoms with van der Waals surface area (Å²) in [5.41, 5.74) is 2.80. The third-order valence-corrected chi connectivity index (χ3v) is 7.08. The van der Waals surface area contributed by atoms with E-state index in [1.54, 1.807) is 30.5 Å². The van der Waals surface area contributed by atoms with E-state index < -0.39 is 28.4 Å². The van der Waals surface area contributed by atoms with Crippen molar-refractivity contribution in [2.45, 2.75) is 11.4 Å². The van der Waals surface area contributed by atoms with Crippen molar-refractivity contribution in [1.29, 1.82) is 0 Å². The van der Waals surface area contributed by atoms with E-state index in [2.05, 4.69) is 4.98 Å². The predicted octanol–water partition coefficient (Wildman–Crippen LogP) is 4.33. The number of ether oxygens (including phenoxy) is 1. The van der Waals surface area contributed by atoms with E-state index in [-0.39, 0.29) is 11.4 Å². The number of hydrogen-bond donors (Lipinski definition) is 1. The molecule has 7 nitrogen and oxygen atoms in total. The van der Waals surface area contributed by atoms with Crippen LogP contribution in [0.5, 0.6) is 5.75 Å². The zero-order valence-electron chi connectivity index (χ0n) is 18.2. The van der Waals surface area contributed by atoms with Crippen molar-refractivity contribution in [3.05, 3.63) is 90.4 Å². The van der Waals surface area contributed by atoms with Crippen LogP contribution >= 0.6 is 0 Å². The lowest BCUT2D eigenvalue weighted by atomic mass is 9.98. The van der Waals surface area contributed by atoms with Gasteiger partial charge in [0.25, 0.3) is 0 Å². The van der Waals surface area contributed by atoms with Crippen molar-refractivity contribution in [1.82, 2.24) is 9.29 Å². The molecule has 34 heavy (non-hydrogen) atoms. The Morgan fingerprint density at radius 3 is 2.53 bits per heavy atom. The van der Waals surface area contributed by atoms with Gasteiger partial charge in [-0.3, -0.25) is 4.98 Å². The normalized spacial score (nSPS) is 11.6. The van der Waals surface area contributed by atoms with Crippen LogP contribution in [0.2, 0.25) is 0 Å². The molecule has 4 aromatic rings. The molecule has 4 rings (SSSR count). The maximum atomic E-state index is 13.2. The Kier molecular flexibility index (Phi) is 6.58. The van der Waals surface area contributed by atoms with Gasteiger partial charge in [0.2, 0.25) is 10.0 Å². The van der Waals surface area contributed by atoms with Gasteiger partial charge in [-0.1, -0.05) is 24.3 Å². The van der Waals surface area contributed by atoms with Gasteiger partial charge in [-0.05, 0) is 59.7 Å². The molecule has 0 spiro atoms. The van der Waals surface area contributed by atoms with E-state index in [1.807, 2.05) is 24.3 Å². The number of nitrogens with zero attached hydrogens (tertiary/aromatic N) is 2. The van der Waals surface area contributed by atoms with Crippen LogP contribution in [-0.2, 0) is 21.4 Å². The van der Waals surface area contributed by atoms with Crippen molar-refractivity contribution in [2.75, 3.05) is 13.7 Å². The highest BCUT2D eigenvalue weighted by Gasteiger charge is 2.22. The Balaban J connectivity index is 1.73. The monoisotopic (exact) mass is 480 g/mol. The number of pyridine rings is 1. The Morgan fingerprint density at radius 1 is 1.03 bits per heavy atom. The van der Waals surface area contributed by atoms with Gasteiger partial charge in [0, 0.05) is 30.7 Å². The topological polar surface area (TPSA) is 96.8 Å². The minimum absolute atomic E-state index is 0.0156. The van der Waals surface area contributed by atoms with Crippen molar-refractivity contribution >= 4 is 26.9 Å². The highest BCUT2D eigenvalue weighted by Crippen LogP contribution is 2.36. The molecule has 1 aromatic heterocycles. The van der Waals surface area contributed by atoms with Crippen LogP contribution in [0.25, 0.3) is 22.0 Å². The number of sulfonamides is 1. The second kappa shape index (κ2) is 9.58. The highest BCUT2D eigenvalue weighted by molar-refractivity contribution is 7.89. The van der Waals surface area contributed by atoms with E-state index in [1.165, 1.54) is 23.5 Å². The third kappa shape index (κ3) is 4.90. The summed E-state index contributed by atoms with van der Waals surface area (Å²) in [6.45, 7) is -0.483. The fraction of sp³-hybridized carbons (Fsp3) is 0.120. The van der Waals surface area contributed by atoms with E-state index in [0.717, 1.165) is 28.6 Å². The van der Waals surface area contributed by atoms with Gasteiger partial charge in [-0.2, -0.15) is 4.31 Å². The van der Waals surface area contributed by atoms with Crippen LogP contribution in [0.1, 0.15) is 5.56 Å². The van der Waals surface area contributed by atoms with Crippen LogP contribution in [0.4, 0.5) is 4.39 Å². The zero-order valence-corrected chi connectivity index (χ0v) is 19.0. The van der Waals surface area contributed by atoms with Gasteiger partial charge in [-0.25, -0.2) is 17.6 Å². The average molecular weight is 481 g/mol. The maximum Gasteiger partial charge on any atom is 0.341 e. The van der Waals surface area contributed by atoms with E-state index in [0.29, 0.717) is 16.9 Å². The Hall–Kier alpha value is -3.82. The molecular formula is C25H21FN2O5S. The molecule has 0 saturated carbocycles. The molecule has 0 atom stereocenters. The van der Waals surface area contributed by atoms with Gasteiger partial charge in [0.15, 0.2) is 6.61 Å². The van der Waals surface area contributed by atoms with E-state index in [9.17, 15) is 17.6 Å². The van der Waals surface area contributed by atoms with E-state index in [4.69, 9.17) is 9.84 Å². The second-order valence-electron chi connectivity index (χ2n) is 7.60. The first-order valence-corrected chi connectivity index (χ1v) is 11.7. The molecule has 0 unspecified atom stereocenters. The number of aromatic nitrogens is 1. The molecule has 0 saturated heterocycles. The number of benzene rings is 3. The number of hydrogen-bond acceptors (Lipinski definition) is 5. The summed E-state index contributed by atoms with van der Waals surface area (Å²) in [7, 11) is -2.41. The van der Waals surface area contributed by atoms with E-state index >= 15 is 0 Å². The molecule has 174 valence electrons. The lowest BCUT2D eigenvalue weighted by Gasteiger charge is -2.19. The maximum absolute atomic E-state index is 13.2. The molecule has 3 aromatic carbocycles. The van der Waals surface area contributed by atoms with Crippen molar-refractivity contribution in [3.8, 4) is 16.9 Å². The van der Waals surface area contributed by atoms with Gasteiger partial charge < -0.3 is 9.84 Å². The van der Waals surface area contributed by atoms with Crippen molar-refractivity contribution in [3.63, 3.8) is 0 Å². The molecule has 1 N–H and O–H groups in total.